The summed E-state index contributed by atoms with van der Waals surface area (Å²) in [5, 5.41) is 9.83. The van der Waals surface area contributed by atoms with Crippen molar-refractivity contribution >= 4 is 5.97 Å². The minimum Gasteiger partial charge on any atom is -0.481 e. The van der Waals surface area contributed by atoms with Gasteiger partial charge in [-0.05, 0) is 49.8 Å². The number of aliphatic carboxylic acids is 1. The van der Waals surface area contributed by atoms with E-state index in [2.05, 4.69) is 50.2 Å². The first kappa shape index (κ1) is 18.0. The Morgan fingerprint density at radius 3 is 2.48 bits per heavy atom. The lowest BCUT2D eigenvalue weighted by molar-refractivity contribution is -0.150. The molecule has 1 aromatic carbocycles. The molecule has 1 N–H and O–H groups in total. The number of hydrogen-bond donors (Lipinski definition) is 1. The van der Waals surface area contributed by atoms with Gasteiger partial charge in [0.05, 0.1) is 5.92 Å². The van der Waals surface area contributed by atoms with Gasteiger partial charge in [-0.15, -0.1) is 0 Å². The maximum atomic E-state index is 12.0. The Labute approximate surface area is 140 Å². The first-order chi connectivity index (χ1) is 10.9. The lowest BCUT2D eigenvalue weighted by Crippen LogP contribution is -2.48. The molecule has 0 amide bonds. The summed E-state index contributed by atoms with van der Waals surface area (Å²) in [4.78, 5) is 14.1. The number of carboxylic acid groups (broad SMARTS) is 1. The third-order valence-corrected chi connectivity index (χ3v) is 5.94. The molecule has 4 atom stereocenters. The zero-order valence-corrected chi connectivity index (χ0v) is 15.0. The van der Waals surface area contributed by atoms with Crippen molar-refractivity contribution in [1.82, 2.24) is 4.90 Å². The first-order valence-electron chi connectivity index (χ1n) is 8.82. The lowest BCUT2D eigenvalue weighted by Gasteiger charge is -2.51. The Hall–Kier alpha value is -1.35. The fraction of sp³-hybridized carbons (Fsp3) is 0.650. The van der Waals surface area contributed by atoms with Crippen LogP contribution in [0.15, 0.2) is 30.3 Å². The van der Waals surface area contributed by atoms with E-state index in [-0.39, 0.29) is 11.3 Å². The number of carboxylic acids is 1. The van der Waals surface area contributed by atoms with E-state index in [1.807, 2.05) is 13.0 Å². The molecule has 128 valence electrons. The van der Waals surface area contributed by atoms with Crippen LogP contribution in [0.1, 0.15) is 51.0 Å². The molecule has 0 radical (unpaired) electrons. The van der Waals surface area contributed by atoms with E-state index in [1.54, 1.807) is 0 Å². The summed E-state index contributed by atoms with van der Waals surface area (Å²) in [6, 6.07) is 10.6. The smallest absolute Gasteiger partial charge is 0.306 e. The zero-order chi connectivity index (χ0) is 17.0. The first-order valence-corrected chi connectivity index (χ1v) is 8.82. The molecule has 1 aromatic rings. The van der Waals surface area contributed by atoms with Crippen LogP contribution in [-0.2, 0) is 4.79 Å². The van der Waals surface area contributed by atoms with Gasteiger partial charge < -0.3 is 10.0 Å². The van der Waals surface area contributed by atoms with Gasteiger partial charge in [0.15, 0.2) is 0 Å². The Bertz CT molecular complexity index is 514. The fourth-order valence-corrected chi connectivity index (χ4v) is 4.87. The van der Waals surface area contributed by atoms with Crippen LogP contribution in [-0.4, -0.2) is 36.6 Å². The Kier molecular flexibility index (Phi) is 5.85. The van der Waals surface area contributed by atoms with Crippen molar-refractivity contribution in [3.63, 3.8) is 0 Å². The quantitative estimate of drug-likeness (QED) is 0.852. The SMILES string of the molecule is CC(CN(C)C)C1(C(C)C(=O)O)CCCCC1c1ccccc1. The Morgan fingerprint density at radius 1 is 1.26 bits per heavy atom. The highest BCUT2D eigenvalue weighted by Gasteiger charge is 2.51. The van der Waals surface area contributed by atoms with Gasteiger partial charge in [-0.3, -0.25) is 4.79 Å². The van der Waals surface area contributed by atoms with Crippen LogP contribution in [0.2, 0.25) is 0 Å². The van der Waals surface area contributed by atoms with Crippen LogP contribution in [0.5, 0.6) is 0 Å². The summed E-state index contributed by atoms with van der Waals surface area (Å²) in [6.07, 6.45) is 4.44. The average Bonchev–Trinajstić information content (AvgIpc) is 2.54. The molecule has 0 aliphatic heterocycles. The van der Waals surface area contributed by atoms with Crippen LogP contribution < -0.4 is 0 Å². The topological polar surface area (TPSA) is 40.5 Å². The second-order valence-corrected chi connectivity index (χ2v) is 7.54. The van der Waals surface area contributed by atoms with Crippen molar-refractivity contribution in [2.75, 3.05) is 20.6 Å². The number of nitrogens with zero attached hydrogens (tertiary/aromatic N) is 1. The third-order valence-electron chi connectivity index (χ3n) is 5.94. The van der Waals surface area contributed by atoms with Crippen LogP contribution >= 0.6 is 0 Å². The number of hydrogen-bond acceptors (Lipinski definition) is 2. The molecule has 0 heterocycles. The van der Waals surface area contributed by atoms with Gasteiger partial charge >= 0.3 is 5.97 Å². The largest absolute Gasteiger partial charge is 0.481 e. The molecule has 0 aromatic heterocycles. The molecule has 0 bridgehead atoms. The van der Waals surface area contributed by atoms with E-state index in [1.165, 1.54) is 12.0 Å². The maximum absolute atomic E-state index is 12.0. The predicted molar refractivity (Wildman–Crippen MR) is 94.6 cm³/mol. The van der Waals surface area contributed by atoms with Crippen molar-refractivity contribution < 1.29 is 9.90 Å². The van der Waals surface area contributed by atoms with Crippen molar-refractivity contribution in [2.45, 2.75) is 45.4 Å². The fourth-order valence-electron chi connectivity index (χ4n) is 4.87. The van der Waals surface area contributed by atoms with Gasteiger partial charge in [0, 0.05) is 6.54 Å². The summed E-state index contributed by atoms with van der Waals surface area (Å²) in [7, 11) is 4.16. The summed E-state index contributed by atoms with van der Waals surface area (Å²) in [5.74, 6) is -0.311. The second-order valence-electron chi connectivity index (χ2n) is 7.54. The van der Waals surface area contributed by atoms with E-state index >= 15 is 0 Å². The van der Waals surface area contributed by atoms with Gasteiger partial charge in [0.1, 0.15) is 0 Å². The van der Waals surface area contributed by atoms with Crippen LogP contribution in [0, 0.1) is 17.3 Å². The van der Waals surface area contributed by atoms with Gasteiger partial charge in [0.25, 0.3) is 0 Å². The summed E-state index contributed by atoms with van der Waals surface area (Å²) in [6.45, 7) is 5.11. The molecular formula is C20H31NO2. The van der Waals surface area contributed by atoms with Gasteiger partial charge in [-0.25, -0.2) is 0 Å². The number of benzene rings is 1. The van der Waals surface area contributed by atoms with Gasteiger partial charge in [0.2, 0.25) is 0 Å². The molecule has 1 saturated carbocycles. The standard InChI is InChI=1S/C20H31NO2/c1-15(14-21(3)4)20(16(2)19(22)23)13-9-8-12-18(20)17-10-6-5-7-11-17/h5-7,10-11,15-16,18H,8-9,12-14H2,1-4H3,(H,22,23). The highest BCUT2D eigenvalue weighted by molar-refractivity contribution is 5.71. The molecule has 3 nitrogen and oxygen atoms in total. The monoisotopic (exact) mass is 317 g/mol. The van der Waals surface area contributed by atoms with Gasteiger partial charge in [-0.2, -0.15) is 0 Å². The van der Waals surface area contributed by atoms with E-state index in [0.717, 1.165) is 25.8 Å². The molecule has 1 aliphatic carbocycles. The lowest BCUT2D eigenvalue weighted by atomic mass is 9.53. The molecule has 2 rings (SSSR count). The van der Waals surface area contributed by atoms with E-state index < -0.39 is 5.97 Å². The van der Waals surface area contributed by atoms with Gasteiger partial charge in [-0.1, -0.05) is 57.0 Å². The highest BCUT2D eigenvalue weighted by atomic mass is 16.4. The molecule has 1 aliphatic rings. The van der Waals surface area contributed by atoms with E-state index in [0.29, 0.717) is 11.8 Å². The molecule has 4 unspecified atom stereocenters. The van der Waals surface area contributed by atoms with E-state index in [4.69, 9.17) is 0 Å². The van der Waals surface area contributed by atoms with E-state index in [9.17, 15) is 9.90 Å². The minimum absolute atomic E-state index is 0.171. The maximum Gasteiger partial charge on any atom is 0.306 e. The summed E-state index contributed by atoms with van der Waals surface area (Å²) in [5.41, 5.74) is 1.14. The number of carbonyl (C=O) groups is 1. The Balaban J connectivity index is 2.49. The highest BCUT2D eigenvalue weighted by Crippen LogP contribution is 2.56. The molecule has 3 heteroatoms. The second kappa shape index (κ2) is 7.48. The average molecular weight is 317 g/mol. The summed E-state index contributed by atoms with van der Waals surface area (Å²) < 4.78 is 0. The molecular weight excluding hydrogens is 286 g/mol. The van der Waals surface area contributed by atoms with Crippen molar-refractivity contribution in [3.8, 4) is 0 Å². The number of rotatable bonds is 6. The third kappa shape index (κ3) is 3.60. The normalized spacial score (nSPS) is 27.6. The van der Waals surface area contributed by atoms with Crippen molar-refractivity contribution in [3.05, 3.63) is 35.9 Å². The van der Waals surface area contributed by atoms with Crippen LogP contribution in [0.3, 0.4) is 0 Å². The van der Waals surface area contributed by atoms with Crippen LogP contribution in [0.25, 0.3) is 0 Å². The summed E-state index contributed by atoms with van der Waals surface area (Å²) >= 11 is 0. The van der Waals surface area contributed by atoms with Crippen LogP contribution in [0.4, 0.5) is 0 Å². The predicted octanol–water partition coefficient (Wildman–Crippen LogP) is 4.25. The zero-order valence-electron chi connectivity index (χ0n) is 15.0. The Morgan fingerprint density at radius 2 is 1.91 bits per heavy atom. The molecule has 0 saturated heterocycles. The molecule has 0 spiro atoms. The minimum atomic E-state index is -0.654. The molecule has 1 fully saturated rings. The van der Waals surface area contributed by atoms with Crippen molar-refractivity contribution in [2.24, 2.45) is 17.3 Å². The molecule has 23 heavy (non-hydrogen) atoms. The van der Waals surface area contributed by atoms with Crippen molar-refractivity contribution in [1.29, 1.82) is 0 Å².